The Morgan fingerprint density at radius 1 is 1.03 bits per heavy atom. The smallest absolute Gasteiger partial charge is 0.243 e. The summed E-state index contributed by atoms with van der Waals surface area (Å²) in [6.45, 7) is 3.06. The first-order chi connectivity index (χ1) is 16.8. The maximum Gasteiger partial charge on any atom is 0.243 e. The number of carbonyl (C=O) groups excluding carboxylic acids is 2. The average Bonchev–Trinajstić information content (AvgIpc) is 3.14. The summed E-state index contributed by atoms with van der Waals surface area (Å²) in [5.41, 5.74) is 2.39. The molecule has 0 bridgehead atoms. The predicted molar refractivity (Wildman–Crippen MR) is 134 cm³/mol. The zero-order valence-electron chi connectivity index (χ0n) is 20.3. The fraction of sp³-hybridized carbons (Fsp3) is 0.462. The van der Waals surface area contributed by atoms with Crippen LogP contribution in [0.3, 0.4) is 0 Å². The van der Waals surface area contributed by atoms with Crippen LogP contribution in [0.15, 0.2) is 47.4 Å². The Bertz CT molecular complexity index is 1190. The molecule has 1 unspecified atom stereocenters. The third-order valence-corrected chi connectivity index (χ3v) is 8.74. The molecule has 1 N–H and O–H groups in total. The van der Waals surface area contributed by atoms with E-state index in [1.54, 1.807) is 11.0 Å². The molecule has 2 aliphatic heterocycles. The first-order valence-corrected chi connectivity index (χ1v) is 13.6. The highest BCUT2D eigenvalue weighted by atomic mass is 32.2. The van der Waals surface area contributed by atoms with Crippen LogP contribution in [0.25, 0.3) is 0 Å². The zero-order valence-corrected chi connectivity index (χ0v) is 21.1. The summed E-state index contributed by atoms with van der Waals surface area (Å²) in [6, 6.07) is 12.0. The number of hydrogen-bond donors (Lipinski definition) is 1. The number of carbonyl (C=O) groups is 2. The Hall–Kier alpha value is -2.91. The van der Waals surface area contributed by atoms with Crippen LogP contribution in [0.1, 0.15) is 56.2 Å². The normalized spacial score (nSPS) is 18.9. The van der Waals surface area contributed by atoms with E-state index in [1.807, 2.05) is 24.3 Å². The fourth-order valence-corrected chi connectivity index (χ4v) is 6.55. The summed E-state index contributed by atoms with van der Waals surface area (Å²) in [5.74, 6) is -0.0263. The van der Waals surface area contributed by atoms with Crippen molar-refractivity contribution in [3.05, 3.63) is 53.6 Å². The van der Waals surface area contributed by atoms with Crippen molar-refractivity contribution < 1.29 is 22.7 Å². The number of fused-ring (bicyclic) bond motifs is 1. The second-order valence-corrected chi connectivity index (χ2v) is 11.0. The highest BCUT2D eigenvalue weighted by molar-refractivity contribution is 7.89. The highest BCUT2D eigenvalue weighted by Crippen LogP contribution is 2.34. The van der Waals surface area contributed by atoms with Crippen molar-refractivity contribution in [2.75, 3.05) is 32.1 Å². The molecule has 0 spiro atoms. The van der Waals surface area contributed by atoms with E-state index in [-0.39, 0.29) is 29.2 Å². The van der Waals surface area contributed by atoms with Gasteiger partial charge in [-0.3, -0.25) is 9.59 Å². The predicted octanol–water partition coefficient (Wildman–Crippen LogP) is 3.73. The van der Waals surface area contributed by atoms with Gasteiger partial charge < -0.3 is 15.0 Å². The maximum atomic E-state index is 13.3. The van der Waals surface area contributed by atoms with Crippen LogP contribution in [0.4, 0.5) is 5.69 Å². The minimum atomic E-state index is -3.68. The molecule has 0 radical (unpaired) electrons. The number of nitrogens with zero attached hydrogens (tertiary/aromatic N) is 2. The Balaban J connectivity index is 1.57. The molecular formula is C26H33N3O5S. The van der Waals surface area contributed by atoms with Gasteiger partial charge in [-0.1, -0.05) is 37.1 Å². The molecule has 2 heterocycles. The van der Waals surface area contributed by atoms with Gasteiger partial charge in [-0.25, -0.2) is 8.42 Å². The van der Waals surface area contributed by atoms with Crippen LogP contribution in [-0.4, -0.2) is 56.2 Å². The first-order valence-electron chi connectivity index (χ1n) is 12.1. The fourth-order valence-electron chi connectivity index (χ4n) is 5.00. The monoisotopic (exact) mass is 499 g/mol. The van der Waals surface area contributed by atoms with E-state index in [1.165, 1.54) is 30.5 Å². The molecule has 2 amide bonds. The lowest BCUT2D eigenvalue weighted by Crippen LogP contribution is -2.40. The molecule has 8 nitrogen and oxygen atoms in total. The number of benzene rings is 2. The highest BCUT2D eigenvalue weighted by Gasteiger charge is 2.31. The van der Waals surface area contributed by atoms with Crippen LogP contribution < -0.4 is 10.1 Å². The number of methoxy groups -OCH3 is 1. The molecular weight excluding hydrogens is 466 g/mol. The quantitative estimate of drug-likeness (QED) is 0.653. The van der Waals surface area contributed by atoms with Crippen LogP contribution in [0.5, 0.6) is 5.75 Å². The number of amides is 2. The van der Waals surface area contributed by atoms with Gasteiger partial charge in [-0.15, -0.1) is 0 Å². The molecule has 2 aromatic carbocycles. The van der Waals surface area contributed by atoms with Gasteiger partial charge >= 0.3 is 0 Å². The zero-order chi connectivity index (χ0) is 25.0. The van der Waals surface area contributed by atoms with E-state index in [2.05, 4.69) is 5.32 Å². The minimum absolute atomic E-state index is 0.0584. The molecule has 0 aliphatic carbocycles. The van der Waals surface area contributed by atoms with Gasteiger partial charge in [0.25, 0.3) is 0 Å². The van der Waals surface area contributed by atoms with Crippen LogP contribution in [-0.2, 0) is 26.0 Å². The summed E-state index contributed by atoms with van der Waals surface area (Å²) in [7, 11) is -2.21. The van der Waals surface area contributed by atoms with Crippen LogP contribution in [0, 0.1) is 0 Å². The van der Waals surface area contributed by atoms with Crippen LogP contribution >= 0.6 is 0 Å². The topological polar surface area (TPSA) is 96.0 Å². The lowest BCUT2D eigenvalue weighted by molar-refractivity contribution is -0.132. The Kier molecular flexibility index (Phi) is 7.76. The number of ether oxygens (including phenoxy) is 1. The van der Waals surface area contributed by atoms with Gasteiger partial charge in [0, 0.05) is 26.6 Å². The van der Waals surface area contributed by atoms with Crippen molar-refractivity contribution in [1.82, 2.24) is 9.21 Å². The minimum Gasteiger partial charge on any atom is -0.495 e. The summed E-state index contributed by atoms with van der Waals surface area (Å²) in [5, 5.41) is 2.84. The molecule has 0 saturated carbocycles. The van der Waals surface area contributed by atoms with Gasteiger partial charge in [0.05, 0.1) is 30.2 Å². The molecule has 35 heavy (non-hydrogen) atoms. The van der Waals surface area contributed by atoms with Crippen molar-refractivity contribution in [3.63, 3.8) is 0 Å². The SMILES string of the molecule is COc1ccc(S(=O)(=O)N2CCCCCC2)cc1NC(=O)CC1c2ccccc2CCN1C(C)=O. The average molecular weight is 500 g/mol. The third kappa shape index (κ3) is 5.51. The molecule has 1 fully saturated rings. The van der Waals surface area contributed by atoms with E-state index < -0.39 is 10.0 Å². The lowest BCUT2D eigenvalue weighted by atomic mass is 9.90. The molecule has 188 valence electrons. The maximum absolute atomic E-state index is 13.3. The lowest BCUT2D eigenvalue weighted by Gasteiger charge is -2.36. The number of anilines is 1. The van der Waals surface area contributed by atoms with Crippen molar-refractivity contribution in [3.8, 4) is 5.75 Å². The van der Waals surface area contributed by atoms with Gasteiger partial charge in [-0.2, -0.15) is 4.31 Å². The number of hydrogen-bond acceptors (Lipinski definition) is 5. The Morgan fingerprint density at radius 2 is 1.74 bits per heavy atom. The largest absolute Gasteiger partial charge is 0.495 e. The molecule has 1 atom stereocenters. The Morgan fingerprint density at radius 3 is 2.43 bits per heavy atom. The first kappa shape index (κ1) is 25.2. The number of sulfonamides is 1. The Labute approximate surface area is 207 Å². The third-order valence-electron chi connectivity index (χ3n) is 6.84. The van der Waals surface area contributed by atoms with E-state index in [0.717, 1.165) is 43.2 Å². The van der Waals surface area contributed by atoms with Crippen molar-refractivity contribution in [2.45, 2.75) is 56.4 Å². The van der Waals surface area contributed by atoms with Crippen molar-refractivity contribution >= 4 is 27.5 Å². The second kappa shape index (κ2) is 10.8. The summed E-state index contributed by atoms with van der Waals surface area (Å²) < 4.78 is 33.5. The molecule has 2 aliphatic rings. The summed E-state index contributed by atoms with van der Waals surface area (Å²) >= 11 is 0. The van der Waals surface area contributed by atoms with Crippen molar-refractivity contribution in [2.24, 2.45) is 0 Å². The van der Waals surface area contributed by atoms with Crippen molar-refractivity contribution in [1.29, 1.82) is 0 Å². The van der Waals surface area contributed by atoms with E-state index in [4.69, 9.17) is 4.74 Å². The molecule has 2 aromatic rings. The molecule has 4 rings (SSSR count). The molecule has 0 aromatic heterocycles. The van der Waals surface area contributed by atoms with Gasteiger partial charge in [0.1, 0.15) is 5.75 Å². The summed E-state index contributed by atoms with van der Waals surface area (Å²) in [6.07, 6.45) is 4.54. The standard InChI is InChI=1S/C26H33N3O5S/c1-19(30)29-16-13-20-9-5-6-10-22(20)24(29)18-26(31)27-23-17-21(11-12-25(23)34-2)35(32,33)28-14-7-3-4-8-15-28/h5-6,9-12,17,24H,3-4,7-8,13-16,18H2,1-2H3,(H,27,31). The van der Waals surface area contributed by atoms with E-state index in [0.29, 0.717) is 31.1 Å². The number of nitrogens with one attached hydrogen (secondary N) is 1. The second-order valence-electron chi connectivity index (χ2n) is 9.11. The molecule has 9 heteroatoms. The number of rotatable bonds is 6. The van der Waals surface area contributed by atoms with Gasteiger partial charge in [0.2, 0.25) is 21.8 Å². The summed E-state index contributed by atoms with van der Waals surface area (Å²) in [4.78, 5) is 27.3. The van der Waals surface area contributed by atoms with Gasteiger partial charge in [0.15, 0.2) is 0 Å². The van der Waals surface area contributed by atoms with E-state index in [9.17, 15) is 18.0 Å². The van der Waals surface area contributed by atoms with Gasteiger partial charge in [-0.05, 0) is 48.6 Å². The molecule has 1 saturated heterocycles. The van der Waals surface area contributed by atoms with E-state index >= 15 is 0 Å². The van der Waals surface area contributed by atoms with Crippen LogP contribution in [0.2, 0.25) is 0 Å².